The smallest absolute Gasteiger partial charge is 0.319 e. The number of carbonyl (C=O) groups excluding carboxylic acids is 1. The molecule has 1 aromatic rings. The fourth-order valence-electron chi connectivity index (χ4n) is 1.29. The average Bonchev–Trinajstić information content (AvgIpc) is 2.27. The van der Waals surface area contributed by atoms with Crippen molar-refractivity contribution in [3.8, 4) is 0 Å². The van der Waals surface area contributed by atoms with Crippen LogP contribution in [0.3, 0.4) is 0 Å². The Kier molecular flexibility index (Phi) is 4.52. The van der Waals surface area contributed by atoms with Crippen molar-refractivity contribution in [2.24, 2.45) is 0 Å². The van der Waals surface area contributed by atoms with Crippen LogP contribution in [0.25, 0.3) is 0 Å². The molecule has 0 aliphatic heterocycles. The van der Waals surface area contributed by atoms with Gasteiger partial charge < -0.3 is 15.7 Å². The van der Waals surface area contributed by atoms with E-state index in [-0.39, 0.29) is 12.6 Å². The van der Waals surface area contributed by atoms with Crippen LogP contribution in [0.4, 0.5) is 10.5 Å². The summed E-state index contributed by atoms with van der Waals surface area (Å²) in [5.41, 5.74) is 0.978. The fourth-order valence-corrected chi connectivity index (χ4v) is 1.29. The normalized spacial score (nSPS) is 13.9. The number of rotatable bonds is 4. The van der Waals surface area contributed by atoms with E-state index in [1.54, 1.807) is 6.92 Å². The summed E-state index contributed by atoms with van der Waals surface area (Å²) in [5.74, 6) is 0. The number of hydrogen-bond acceptors (Lipinski definition) is 2. The minimum Gasteiger partial charge on any atom is -0.388 e. The van der Waals surface area contributed by atoms with Crippen LogP contribution in [0.2, 0.25) is 0 Å². The highest BCUT2D eigenvalue weighted by Crippen LogP contribution is 2.10. The number of nitrogens with one attached hydrogen (secondary N) is 2. The zero-order chi connectivity index (χ0) is 12.9. The molecule has 17 heavy (non-hydrogen) atoms. The van der Waals surface area contributed by atoms with Crippen molar-refractivity contribution in [2.45, 2.75) is 32.8 Å². The van der Waals surface area contributed by atoms with Crippen molar-refractivity contribution in [3.63, 3.8) is 0 Å². The van der Waals surface area contributed by atoms with Gasteiger partial charge in [0.05, 0.1) is 5.60 Å². The molecule has 0 saturated carbocycles. The van der Waals surface area contributed by atoms with Gasteiger partial charge in [-0.2, -0.15) is 0 Å². The van der Waals surface area contributed by atoms with Gasteiger partial charge in [-0.15, -0.1) is 0 Å². The lowest BCUT2D eigenvalue weighted by Gasteiger charge is -2.21. The second-order valence-corrected chi connectivity index (χ2v) is 4.53. The second kappa shape index (κ2) is 5.68. The van der Waals surface area contributed by atoms with E-state index in [0.717, 1.165) is 11.3 Å². The van der Waals surface area contributed by atoms with Gasteiger partial charge >= 0.3 is 6.03 Å². The predicted octanol–water partition coefficient (Wildman–Crippen LogP) is 2.28. The van der Waals surface area contributed by atoms with Gasteiger partial charge in [0, 0.05) is 12.2 Å². The minimum atomic E-state index is -0.857. The molecule has 0 aromatic heterocycles. The lowest BCUT2D eigenvalue weighted by atomic mass is 10.0. The molecule has 4 heteroatoms. The van der Waals surface area contributed by atoms with E-state index >= 15 is 0 Å². The zero-order valence-corrected chi connectivity index (χ0v) is 10.6. The molecule has 0 radical (unpaired) electrons. The molecular weight excluding hydrogens is 216 g/mol. The molecule has 0 saturated heterocycles. The number of aliphatic hydroxyl groups is 1. The topological polar surface area (TPSA) is 61.4 Å². The molecule has 1 unspecified atom stereocenters. The molecule has 0 heterocycles. The monoisotopic (exact) mass is 236 g/mol. The first-order valence-electron chi connectivity index (χ1n) is 5.77. The maximum absolute atomic E-state index is 11.6. The van der Waals surface area contributed by atoms with E-state index in [9.17, 15) is 9.90 Å². The number of amides is 2. The molecule has 0 bridgehead atoms. The van der Waals surface area contributed by atoms with Crippen LogP contribution in [0, 0.1) is 6.92 Å². The maximum Gasteiger partial charge on any atom is 0.319 e. The molecule has 3 N–H and O–H groups in total. The highest BCUT2D eigenvalue weighted by molar-refractivity contribution is 5.89. The molecule has 1 aromatic carbocycles. The summed E-state index contributed by atoms with van der Waals surface area (Å²) in [6.45, 7) is 5.77. The Balaban J connectivity index is 2.45. The molecule has 0 aliphatic rings. The molecule has 1 atom stereocenters. The third-order valence-electron chi connectivity index (χ3n) is 2.67. The van der Waals surface area contributed by atoms with E-state index in [2.05, 4.69) is 10.6 Å². The van der Waals surface area contributed by atoms with Crippen molar-refractivity contribution in [2.75, 3.05) is 11.9 Å². The first kappa shape index (κ1) is 13.5. The summed E-state index contributed by atoms with van der Waals surface area (Å²) in [6.07, 6.45) is 0.595. The van der Waals surface area contributed by atoms with Gasteiger partial charge in [-0.1, -0.05) is 19.1 Å². The Labute approximate surface area is 102 Å². The van der Waals surface area contributed by atoms with Gasteiger partial charge in [-0.05, 0) is 38.0 Å². The maximum atomic E-state index is 11.6. The molecule has 0 aliphatic carbocycles. The number of urea groups is 1. The molecule has 2 amide bonds. The average molecular weight is 236 g/mol. The summed E-state index contributed by atoms with van der Waals surface area (Å²) in [5, 5.41) is 15.1. The molecular formula is C13H20N2O2. The van der Waals surface area contributed by atoms with Crippen LogP contribution in [0.1, 0.15) is 25.8 Å². The Morgan fingerprint density at radius 1 is 1.47 bits per heavy atom. The zero-order valence-electron chi connectivity index (χ0n) is 10.6. The van der Waals surface area contributed by atoms with Crippen LogP contribution in [-0.2, 0) is 0 Å². The lowest BCUT2D eigenvalue weighted by Crippen LogP contribution is -2.41. The largest absolute Gasteiger partial charge is 0.388 e. The molecule has 1 rings (SSSR count). The van der Waals surface area contributed by atoms with Gasteiger partial charge in [0.2, 0.25) is 0 Å². The molecule has 0 fully saturated rings. The summed E-state index contributed by atoms with van der Waals surface area (Å²) in [7, 11) is 0. The lowest BCUT2D eigenvalue weighted by molar-refractivity contribution is 0.0587. The number of carbonyl (C=O) groups is 1. The van der Waals surface area contributed by atoms with Gasteiger partial charge in [0.25, 0.3) is 0 Å². The van der Waals surface area contributed by atoms with E-state index in [1.807, 2.05) is 38.1 Å². The van der Waals surface area contributed by atoms with Crippen molar-refractivity contribution < 1.29 is 9.90 Å². The Hall–Kier alpha value is -1.55. The van der Waals surface area contributed by atoms with E-state index in [0.29, 0.717) is 6.42 Å². The predicted molar refractivity (Wildman–Crippen MR) is 69.1 cm³/mol. The summed E-state index contributed by atoms with van der Waals surface area (Å²) in [4.78, 5) is 11.6. The third kappa shape index (κ3) is 4.87. The van der Waals surface area contributed by atoms with Crippen molar-refractivity contribution in [1.82, 2.24) is 5.32 Å². The quantitative estimate of drug-likeness (QED) is 0.751. The van der Waals surface area contributed by atoms with E-state index in [4.69, 9.17) is 0 Å². The first-order chi connectivity index (χ1) is 7.93. The molecule has 4 nitrogen and oxygen atoms in total. The van der Waals surface area contributed by atoms with Gasteiger partial charge in [0.15, 0.2) is 0 Å². The second-order valence-electron chi connectivity index (χ2n) is 4.53. The van der Waals surface area contributed by atoms with Crippen molar-refractivity contribution in [1.29, 1.82) is 0 Å². The number of hydrogen-bond donors (Lipinski definition) is 3. The third-order valence-corrected chi connectivity index (χ3v) is 2.67. The molecule has 94 valence electrons. The Morgan fingerprint density at radius 3 is 2.76 bits per heavy atom. The summed E-state index contributed by atoms with van der Waals surface area (Å²) >= 11 is 0. The standard InChI is InChI=1S/C13H20N2O2/c1-4-13(3,17)9-14-12(16)15-11-7-5-6-10(2)8-11/h5-8,17H,4,9H2,1-3H3,(H2,14,15,16). The van der Waals surface area contributed by atoms with Crippen LogP contribution in [0.5, 0.6) is 0 Å². The molecule has 0 spiro atoms. The van der Waals surface area contributed by atoms with Gasteiger partial charge in [-0.25, -0.2) is 4.79 Å². The Bertz CT molecular complexity index is 389. The first-order valence-corrected chi connectivity index (χ1v) is 5.77. The Morgan fingerprint density at radius 2 is 2.18 bits per heavy atom. The van der Waals surface area contributed by atoms with Crippen LogP contribution >= 0.6 is 0 Å². The highest BCUT2D eigenvalue weighted by Gasteiger charge is 2.18. The summed E-state index contributed by atoms with van der Waals surface area (Å²) in [6, 6.07) is 7.25. The number of anilines is 1. The van der Waals surface area contributed by atoms with Gasteiger partial charge in [0.1, 0.15) is 0 Å². The number of benzene rings is 1. The van der Waals surface area contributed by atoms with E-state index in [1.165, 1.54) is 0 Å². The minimum absolute atomic E-state index is 0.237. The van der Waals surface area contributed by atoms with Crippen molar-refractivity contribution >= 4 is 11.7 Å². The van der Waals surface area contributed by atoms with Crippen LogP contribution in [-0.4, -0.2) is 23.3 Å². The van der Waals surface area contributed by atoms with E-state index < -0.39 is 5.60 Å². The van der Waals surface area contributed by atoms with Crippen molar-refractivity contribution in [3.05, 3.63) is 29.8 Å². The van der Waals surface area contributed by atoms with Gasteiger partial charge in [-0.3, -0.25) is 0 Å². The van der Waals surface area contributed by atoms with Crippen LogP contribution in [0.15, 0.2) is 24.3 Å². The fraction of sp³-hybridized carbons (Fsp3) is 0.462. The SMILES string of the molecule is CCC(C)(O)CNC(=O)Nc1cccc(C)c1. The highest BCUT2D eigenvalue weighted by atomic mass is 16.3. The summed E-state index contributed by atoms with van der Waals surface area (Å²) < 4.78 is 0. The van der Waals surface area contributed by atoms with Crippen LogP contribution < -0.4 is 10.6 Å². The number of aryl methyl sites for hydroxylation is 1.